The highest BCUT2D eigenvalue weighted by Gasteiger charge is 2.32. The number of nitrogens with zero attached hydrogens (tertiary/aromatic N) is 2. The Balaban J connectivity index is 2.02. The maximum Gasteiger partial charge on any atom is 0.244 e. The van der Waals surface area contributed by atoms with Gasteiger partial charge in [-0.05, 0) is 49.2 Å². The molecular weight excluding hydrogens is 493 g/mol. The van der Waals surface area contributed by atoms with Crippen molar-refractivity contribution in [3.8, 4) is 0 Å². The number of rotatable bonds is 11. The van der Waals surface area contributed by atoms with Crippen LogP contribution in [0.1, 0.15) is 23.6 Å². The van der Waals surface area contributed by atoms with Crippen molar-refractivity contribution in [2.75, 3.05) is 23.7 Å². The maximum atomic E-state index is 13.8. The van der Waals surface area contributed by atoms with Gasteiger partial charge in [-0.1, -0.05) is 60.2 Å². The first-order valence-corrected chi connectivity index (χ1v) is 13.8. The summed E-state index contributed by atoms with van der Waals surface area (Å²) in [6.45, 7) is 3.69. The predicted octanol–water partition coefficient (Wildman–Crippen LogP) is 3.68. The van der Waals surface area contributed by atoms with Crippen LogP contribution in [-0.4, -0.2) is 50.5 Å². The number of anilines is 1. The summed E-state index contributed by atoms with van der Waals surface area (Å²) in [5.41, 5.74) is 2.86. The van der Waals surface area contributed by atoms with Crippen LogP contribution < -0.4 is 9.62 Å². The Hall–Kier alpha value is -3.72. The number of nitrogens with one attached hydrogen (secondary N) is 1. The summed E-state index contributed by atoms with van der Waals surface area (Å²) < 4.78 is 39.7. The molecule has 0 saturated carbocycles. The van der Waals surface area contributed by atoms with E-state index in [-0.39, 0.29) is 24.6 Å². The zero-order valence-electron chi connectivity index (χ0n) is 21.2. The average molecular weight is 526 g/mol. The van der Waals surface area contributed by atoms with Gasteiger partial charge in [0, 0.05) is 19.5 Å². The Bertz CT molecular complexity index is 1300. The Morgan fingerprint density at radius 2 is 1.54 bits per heavy atom. The molecule has 0 radical (unpaired) electrons. The first-order valence-electron chi connectivity index (χ1n) is 12.0. The van der Waals surface area contributed by atoms with Gasteiger partial charge in [-0.15, -0.1) is 0 Å². The fraction of sp³-hybridized carbons (Fsp3) is 0.286. The molecule has 0 aromatic heterocycles. The normalized spacial score (nSPS) is 12.0. The second-order valence-corrected chi connectivity index (χ2v) is 10.8. The van der Waals surface area contributed by atoms with Crippen LogP contribution in [0.15, 0.2) is 78.9 Å². The fourth-order valence-corrected chi connectivity index (χ4v) is 4.81. The maximum absolute atomic E-state index is 13.8. The van der Waals surface area contributed by atoms with E-state index in [2.05, 4.69) is 5.32 Å². The molecule has 1 atom stereocenters. The second kappa shape index (κ2) is 12.5. The molecule has 37 heavy (non-hydrogen) atoms. The van der Waals surface area contributed by atoms with Gasteiger partial charge >= 0.3 is 0 Å². The number of sulfonamides is 1. The van der Waals surface area contributed by atoms with Crippen LogP contribution in [0, 0.1) is 12.7 Å². The Morgan fingerprint density at radius 3 is 2.11 bits per heavy atom. The number of likely N-dealkylation sites (N-methyl/N-ethyl adjacent to an activating group) is 1. The quantitative estimate of drug-likeness (QED) is 0.414. The fourth-order valence-electron chi connectivity index (χ4n) is 3.96. The van der Waals surface area contributed by atoms with Crippen LogP contribution in [0.5, 0.6) is 0 Å². The summed E-state index contributed by atoms with van der Waals surface area (Å²) in [5, 5.41) is 2.81. The molecule has 0 aliphatic heterocycles. The minimum atomic E-state index is -3.89. The number of hydrogen-bond acceptors (Lipinski definition) is 4. The Morgan fingerprint density at radius 1 is 0.919 bits per heavy atom. The van der Waals surface area contributed by atoms with E-state index in [0.29, 0.717) is 6.54 Å². The highest BCUT2D eigenvalue weighted by molar-refractivity contribution is 7.92. The third-order valence-corrected chi connectivity index (χ3v) is 7.03. The molecule has 0 aliphatic rings. The minimum absolute atomic E-state index is 0.106. The van der Waals surface area contributed by atoms with E-state index in [0.717, 1.165) is 39.4 Å². The Kier molecular flexibility index (Phi) is 9.41. The van der Waals surface area contributed by atoms with Crippen molar-refractivity contribution >= 4 is 27.5 Å². The van der Waals surface area contributed by atoms with Gasteiger partial charge in [0.05, 0.1) is 11.9 Å². The molecule has 2 amide bonds. The number of amides is 2. The summed E-state index contributed by atoms with van der Waals surface area (Å²) in [5.74, 6) is -1.41. The lowest BCUT2D eigenvalue weighted by Crippen LogP contribution is -2.53. The zero-order valence-corrected chi connectivity index (χ0v) is 22.0. The third kappa shape index (κ3) is 7.88. The molecule has 0 unspecified atom stereocenters. The van der Waals surface area contributed by atoms with Gasteiger partial charge in [0.1, 0.15) is 18.4 Å². The second-order valence-electron chi connectivity index (χ2n) is 8.85. The molecule has 0 fully saturated rings. The topological polar surface area (TPSA) is 86.8 Å². The van der Waals surface area contributed by atoms with Crippen LogP contribution in [0.4, 0.5) is 10.1 Å². The average Bonchev–Trinajstić information content (AvgIpc) is 2.86. The van der Waals surface area contributed by atoms with Gasteiger partial charge in [-0.3, -0.25) is 13.9 Å². The van der Waals surface area contributed by atoms with Crippen molar-refractivity contribution in [1.82, 2.24) is 10.2 Å². The van der Waals surface area contributed by atoms with E-state index in [9.17, 15) is 22.4 Å². The number of carbonyl (C=O) groups is 2. The highest BCUT2D eigenvalue weighted by Crippen LogP contribution is 2.21. The number of carbonyl (C=O) groups excluding carboxylic acids is 2. The van der Waals surface area contributed by atoms with Crippen LogP contribution >= 0.6 is 0 Å². The molecule has 0 spiro atoms. The van der Waals surface area contributed by atoms with Crippen LogP contribution in [0.2, 0.25) is 0 Å². The molecule has 3 rings (SSSR count). The first-order chi connectivity index (χ1) is 17.6. The molecule has 9 heteroatoms. The smallest absolute Gasteiger partial charge is 0.244 e. The molecule has 0 bridgehead atoms. The van der Waals surface area contributed by atoms with Crippen LogP contribution in [0.25, 0.3) is 0 Å². The molecular formula is C28H32FN3O4S. The van der Waals surface area contributed by atoms with E-state index in [1.165, 1.54) is 17.0 Å². The van der Waals surface area contributed by atoms with Crippen molar-refractivity contribution < 1.29 is 22.4 Å². The lowest BCUT2D eigenvalue weighted by molar-refractivity contribution is -0.140. The van der Waals surface area contributed by atoms with Gasteiger partial charge in [0.2, 0.25) is 21.8 Å². The molecule has 3 aromatic carbocycles. The third-order valence-electron chi connectivity index (χ3n) is 5.89. The van der Waals surface area contributed by atoms with Gasteiger partial charge in [0.15, 0.2) is 0 Å². The van der Waals surface area contributed by atoms with E-state index >= 15 is 0 Å². The van der Waals surface area contributed by atoms with Crippen molar-refractivity contribution in [1.29, 1.82) is 0 Å². The Labute approximate surface area is 218 Å². The zero-order chi connectivity index (χ0) is 27.0. The summed E-state index contributed by atoms with van der Waals surface area (Å²) in [4.78, 5) is 28.5. The van der Waals surface area contributed by atoms with Gasteiger partial charge < -0.3 is 10.2 Å². The summed E-state index contributed by atoms with van der Waals surface area (Å²) in [6.07, 6.45) is 1.24. The molecule has 1 N–H and O–H groups in total. The standard InChI is InChI=1S/C28H32FN3O4S/c1-4-30-28(34)26(18-22-8-6-5-7-9-22)31(19-23-12-10-21(2)11-13-23)27(33)20-32(37(3,35)36)25-16-14-24(29)15-17-25/h5-17,26H,4,18-20H2,1-3H3,(H,30,34)/t26-/m0/s1. The lowest BCUT2D eigenvalue weighted by atomic mass is 10.0. The minimum Gasteiger partial charge on any atom is -0.355 e. The van der Waals surface area contributed by atoms with E-state index < -0.39 is 34.3 Å². The lowest BCUT2D eigenvalue weighted by Gasteiger charge is -2.33. The van der Waals surface area contributed by atoms with Crippen molar-refractivity contribution in [3.63, 3.8) is 0 Å². The molecule has 0 saturated heterocycles. The van der Waals surface area contributed by atoms with Crippen LogP contribution in [-0.2, 0) is 32.6 Å². The molecule has 7 nitrogen and oxygen atoms in total. The van der Waals surface area contributed by atoms with E-state index in [4.69, 9.17) is 0 Å². The first kappa shape index (κ1) is 27.9. The highest BCUT2D eigenvalue weighted by atomic mass is 32.2. The summed E-state index contributed by atoms with van der Waals surface area (Å²) >= 11 is 0. The predicted molar refractivity (Wildman–Crippen MR) is 143 cm³/mol. The monoisotopic (exact) mass is 525 g/mol. The van der Waals surface area contributed by atoms with Gasteiger partial charge in [-0.2, -0.15) is 0 Å². The number of benzene rings is 3. The van der Waals surface area contributed by atoms with E-state index in [1.54, 1.807) is 6.92 Å². The molecule has 0 aliphatic carbocycles. The van der Waals surface area contributed by atoms with Gasteiger partial charge in [-0.25, -0.2) is 12.8 Å². The van der Waals surface area contributed by atoms with Crippen LogP contribution in [0.3, 0.4) is 0 Å². The summed E-state index contributed by atoms with van der Waals surface area (Å²) in [7, 11) is -3.89. The number of halogens is 1. The number of aryl methyl sites for hydroxylation is 1. The van der Waals surface area contributed by atoms with Crippen molar-refractivity contribution in [2.24, 2.45) is 0 Å². The van der Waals surface area contributed by atoms with Gasteiger partial charge in [0.25, 0.3) is 0 Å². The largest absolute Gasteiger partial charge is 0.355 e. The number of hydrogen-bond donors (Lipinski definition) is 1. The molecule has 3 aromatic rings. The van der Waals surface area contributed by atoms with Crippen molar-refractivity contribution in [2.45, 2.75) is 32.9 Å². The SMILES string of the molecule is CCNC(=O)[C@H](Cc1ccccc1)N(Cc1ccc(C)cc1)C(=O)CN(c1ccc(F)cc1)S(C)(=O)=O. The molecule has 196 valence electrons. The summed E-state index contributed by atoms with van der Waals surface area (Å²) in [6, 6.07) is 20.9. The van der Waals surface area contributed by atoms with Crippen molar-refractivity contribution in [3.05, 3.63) is 101 Å². The van der Waals surface area contributed by atoms with E-state index in [1.807, 2.05) is 61.5 Å². The molecule has 0 heterocycles.